The number of aromatic amines is 1. The standard InChI is InChI=1S/C18H18N4O2S/c1-2-15-12(7-11(1)13-8-20-21-9-13)10-23-17-16(15)25-18(22-17)24-14-3-5-19-6-4-14/h1-2,7-9,14,19H,3-6,10H2,(H,20,21). The lowest BCUT2D eigenvalue weighted by Gasteiger charge is -2.22. The number of rotatable bonds is 3. The zero-order valence-corrected chi connectivity index (χ0v) is 14.4. The smallest absolute Gasteiger partial charge is 0.277 e. The van der Waals surface area contributed by atoms with Crippen molar-refractivity contribution in [1.82, 2.24) is 20.5 Å². The number of H-pyrrole nitrogens is 1. The van der Waals surface area contributed by atoms with Gasteiger partial charge in [0.2, 0.25) is 5.88 Å². The van der Waals surface area contributed by atoms with Crippen LogP contribution in [-0.2, 0) is 6.61 Å². The Morgan fingerprint density at radius 2 is 2.12 bits per heavy atom. The second-order valence-electron chi connectivity index (χ2n) is 6.33. The lowest BCUT2D eigenvalue weighted by Crippen LogP contribution is -2.34. The summed E-state index contributed by atoms with van der Waals surface area (Å²) in [6.07, 6.45) is 6.02. The van der Waals surface area contributed by atoms with E-state index in [0.717, 1.165) is 41.9 Å². The first-order chi connectivity index (χ1) is 12.4. The molecule has 4 heterocycles. The summed E-state index contributed by atoms with van der Waals surface area (Å²) in [6, 6.07) is 6.42. The highest BCUT2D eigenvalue weighted by atomic mass is 32.1. The second kappa shape index (κ2) is 6.16. The Kier molecular flexibility index (Phi) is 3.68. The van der Waals surface area contributed by atoms with Crippen molar-refractivity contribution < 1.29 is 9.47 Å². The molecule has 0 aliphatic carbocycles. The molecule has 2 N–H and O–H groups in total. The average molecular weight is 354 g/mol. The van der Waals surface area contributed by atoms with Gasteiger partial charge in [-0.05, 0) is 43.1 Å². The highest BCUT2D eigenvalue weighted by molar-refractivity contribution is 7.17. The predicted molar refractivity (Wildman–Crippen MR) is 96.0 cm³/mol. The Morgan fingerprint density at radius 3 is 2.96 bits per heavy atom. The normalized spacial score (nSPS) is 16.8. The van der Waals surface area contributed by atoms with Crippen molar-refractivity contribution in [2.75, 3.05) is 13.1 Å². The first kappa shape index (κ1) is 14.9. The lowest BCUT2D eigenvalue weighted by atomic mass is 9.99. The van der Waals surface area contributed by atoms with E-state index in [2.05, 4.69) is 38.7 Å². The van der Waals surface area contributed by atoms with Gasteiger partial charge in [-0.2, -0.15) is 10.1 Å². The van der Waals surface area contributed by atoms with Crippen LogP contribution in [0.3, 0.4) is 0 Å². The van der Waals surface area contributed by atoms with Crippen LogP contribution in [-0.4, -0.2) is 34.4 Å². The van der Waals surface area contributed by atoms with Crippen LogP contribution >= 0.6 is 11.3 Å². The third-order valence-electron chi connectivity index (χ3n) is 4.68. The van der Waals surface area contributed by atoms with Crippen LogP contribution in [0.1, 0.15) is 18.4 Å². The molecule has 0 spiro atoms. The molecule has 3 aromatic rings. The highest BCUT2D eigenvalue weighted by Gasteiger charge is 2.25. The van der Waals surface area contributed by atoms with E-state index in [-0.39, 0.29) is 6.10 Å². The van der Waals surface area contributed by atoms with E-state index in [1.807, 2.05) is 12.4 Å². The fraction of sp³-hybridized carbons (Fsp3) is 0.333. The van der Waals surface area contributed by atoms with Crippen molar-refractivity contribution in [3.63, 3.8) is 0 Å². The zero-order chi connectivity index (χ0) is 16.6. The van der Waals surface area contributed by atoms with Crippen LogP contribution < -0.4 is 14.8 Å². The fourth-order valence-electron chi connectivity index (χ4n) is 3.33. The van der Waals surface area contributed by atoms with Crippen LogP contribution in [0.15, 0.2) is 30.6 Å². The van der Waals surface area contributed by atoms with Crippen molar-refractivity contribution in [2.45, 2.75) is 25.6 Å². The van der Waals surface area contributed by atoms with Gasteiger partial charge < -0.3 is 14.8 Å². The number of hydrogen-bond acceptors (Lipinski definition) is 6. The minimum atomic E-state index is 0.247. The Labute approximate surface area is 149 Å². The van der Waals surface area contributed by atoms with Crippen LogP contribution in [0.4, 0.5) is 0 Å². The Morgan fingerprint density at radius 1 is 1.20 bits per heavy atom. The SMILES string of the molecule is c1cc2c(cc1-c1cn[nH]c1)COc1nc(OC3CCNCC3)sc1-2. The van der Waals surface area contributed by atoms with E-state index < -0.39 is 0 Å². The van der Waals surface area contributed by atoms with Gasteiger partial charge in [-0.3, -0.25) is 5.10 Å². The molecule has 1 fully saturated rings. The van der Waals surface area contributed by atoms with E-state index in [4.69, 9.17) is 9.47 Å². The molecule has 0 bridgehead atoms. The molecule has 25 heavy (non-hydrogen) atoms. The van der Waals surface area contributed by atoms with Crippen molar-refractivity contribution >= 4 is 11.3 Å². The maximum Gasteiger partial charge on any atom is 0.277 e. The number of aromatic nitrogens is 3. The van der Waals surface area contributed by atoms with Crippen LogP contribution in [0.5, 0.6) is 11.1 Å². The van der Waals surface area contributed by atoms with E-state index in [1.54, 1.807) is 11.3 Å². The van der Waals surface area contributed by atoms with E-state index in [0.29, 0.717) is 17.7 Å². The molecule has 128 valence electrons. The molecule has 0 radical (unpaired) electrons. The summed E-state index contributed by atoms with van der Waals surface area (Å²) < 4.78 is 12.0. The van der Waals surface area contributed by atoms with Crippen LogP contribution in [0.25, 0.3) is 21.6 Å². The van der Waals surface area contributed by atoms with Crippen molar-refractivity contribution in [2.24, 2.45) is 0 Å². The molecule has 0 saturated carbocycles. The second-order valence-corrected chi connectivity index (χ2v) is 7.29. The van der Waals surface area contributed by atoms with Gasteiger partial charge in [0.05, 0.1) is 6.20 Å². The van der Waals surface area contributed by atoms with E-state index in [9.17, 15) is 0 Å². The topological polar surface area (TPSA) is 72.1 Å². The Balaban J connectivity index is 1.44. The molecule has 2 aromatic heterocycles. The average Bonchev–Trinajstić information content (AvgIpc) is 3.31. The summed E-state index contributed by atoms with van der Waals surface area (Å²) in [7, 11) is 0. The minimum absolute atomic E-state index is 0.247. The molecular formula is C18H18N4O2S. The molecule has 0 amide bonds. The maximum atomic E-state index is 6.08. The summed E-state index contributed by atoms with van der Waals surface area (Å²) in [5.41, 5.74) is 4.57. The molecular weight excluding hydrogens is 336 g/mol. The molecule has 7 heteroatoms. The van der Waals surface area contributed by atoms with Gasteiger partial charge in [-0.25, -0.2) is 0 Å². The summed E-state index contributed by atoms with van der Waals surface area (Å²) in [5.74, 6) is 0.692. The van der Waals surface area contributed by atoms with Gasteiger partial charge in [0, 0.05) is 17.3 Å². The number of thiazole rings is 1. The Bertz CT molecular complexity index is 885. The van der Waals surface area contributed by atoms with Crippen LogP contribution in [0, 0.1) is 0 Å². The van der Waals surface area contributed by atoms with E-state index in [1.165, 1.54) is 11.1 Å². The largest absolute Gasteiger partial charge is 0.472 e. The lowest BCUT2D eigenvalue weighted by molar-refractivity contribution is 0.160. The van der Waals surface area contributed by atoms with Crippen molar-refractivity contribution in [1.29, 1.82) is 0 Å². The van der Waals surface area contributed by atoms with E-state index >= 15 is 0 Å². The number of hydrogen-bond donors (Lipinski definition) is 2. The van der Waals surface area contributed by atoms with Gasteiger partial charge in [0.1, 0.15) is 17.6 Å². The molecule has 0 atom stereocenters. The van der Waals surface area contributed by atoms with Gasteiger partial charge in [0.15, 0.2) is 0 Å². The monoisotopic (exact) mass is 354 g/mol. The molecule has 0 unspecified atom stereocenters. The van der Waals surface area contributed by atoms with Gasteiger partial charge >= 0.3 is 0 Å². The Hall–Kier alpha value is -2.38. The van der Waals surface area contributed by atoms with Gasteiger partial charge in [0.25, 0.3) is 5.19 Å². The summed E-state index contributed by atoms with van der Waals surface area (Å²) in [6.45, 7) is 2.54. The first-order valence-corrected chi connectivity index (χ1v) is 9.32. The third-order valence-corrected chi connectivity index (χ3v) is 5.64. The number of fused-ring (bicyclic) bond motifs is 3. The molecule has 6 nitrogen and oxygen atoms in total. The van der Waals surface area contributed by atoms with Gasteiger partial charge in [-0.15, -0.1) is 0 Å². The zero-order valence-electron chi connectivity index (χ0n) is 13.6. The number of piperidine rings is 1. The number of nitrogens with one attached hydrogen (secondary N) is 2. The third kappa shape index (κ3) is 2.79. The molecule has 2 aliphatic heterocycles. The summed E-state index contributed by atoms with van der Waals surface area (Å²) in [5, 5.41) is 10.9. The number of nitrogens with zero attached hydrogens (tertiary/aromatic N) is 2. The molecule has 1 aromatic carbocycles. The predicted octanol–water partition coefficient (Wildman–Crippen LogP) is 3.22. The molecule has 2 aliphatic rings. The minimum Gasteiger partial charge on any atom is -0.472 e. The van der Waals surface area contributed by atoms with Crippen molar-refractivity contribution in [3.8, 4) is 32.6 Å². The fourth-order valence-corrected chi connectivity index (χ4v) is 4.32. The summed E-state index contributed by atoms with van der Waals surface area (Å²) >= 11 is 1.58. The van der Waals surface area contributed by atoms with Crippen LogP contribution in [0.2, 0.25) is 0 Å². The highest BCUT2D eigenvalue weighted by Crippen LogP contribution is 2.45. The number of ether oxygens (including phenoxy) is 2. The molecule has 1 saturated heterocycles. The summed E-state index contributed by atoms with van der Waals surface area (Å²) in [4.78, 5) is 5.61. The number of benzene rings is 1. The van der Waals surface area contributed by atoms with Gasteiger partial charge in [-0.1, -0.05) is 23.5 Å². The van der Waals surface area contributed by atoms with Crippen molar-refractivity contribution in [3.05, 3.63) is 36.2 Å². The quantitative estimate of drug-likeness (QED) is 0.756. The maximum absolute atomic E-state index is 6.08. The molecule has 5 rings (SSSR count). The first-order valence-electron chi connectivity index (χ1n) is 8.50.